The minimum Gasteiger partial charge on any atom is -0.480 e. The summed E-state index contributed by atoms with van der Waals surface area (Å²) < 4.78 is 0. The van der Waals surface area contributed by atoms with Gasteiger partial charge in [-0.1, -0.05) is 30.0 Å². The normalized spacial score (nSPS) is 12.8. The van der Waals surface area contributed by atoms with Gasteiger partial charge in [0.05, 0.1) is 5.03 Å². The first-order valence-corrected chi connectivity index (χ1v) is 6.26. The monoisotopic (exact) mass is 250 g/mol. The average molecular weight is 250 g/mol. The highest BCUT2D eigenvalue weighted by atomic mass is 32.2. The minimum absolute atomic E-state index is 0.379. The Balaban J connectivity index is 2.19. The summed E-state index contributed by atoms with van der Waals surface area (Å²) in [5, 5.41) is 10.5. The zero-order valence-corrected chi connectivity index (χ0v) is 10.0. The number of thioether (sulfide) groups is 1. The van der Waals surface area contributed by atoms with E-state index in [1.807, 2.05) is 30.3 Å². The fourth-order valence-electron chi connectivity index (χ4n) is 1.65. The van der Waals surface area contributed by atoms with Gasteiger partial charge in [-0.25, -0.2) is 0 Å². The van der Waals surface area contributed by atoms with Gasteiger partial charge in [0, 0.05) is 10.9 Å². The average Bonchev–Trinajstić information content (AvgIpc) is 2.70. The number of aliphatic carboxylic acids is 1. The van der Waals surface area contributed by atoms with Gasteiger partial charge in [-0.2, -0.15) is 0 Å². The van der Waals surface area contributed by atoms with Crippen LogP contribution < -0.4 is 5.73 Å². The summed E-state index contributed by atoms with van der Waals surface area (Å²) in [7, 11) is 0. The van der Waals surface area contributed by atoms with Crippen LogP contribution in [0.1, 0.15) is 6.42 Å². The molecule has 0 bridgehead atoms. The van der Waals surface area contributed by atoms with Crippen LogP contribution in [0, 0.1) is 0 Å². The number of aromatic amines is 1. The topological polar surface area (TPSA) is 79.1 Å². The number of para-hydroxylation sites is 1. The minimum atomic E-state index is -0.820. The van der Waals surface area contributed by atoms with Crippen molar-refractivity contribution in [3.8, 4) is 0 Å². The number of fused-ring (bicyclic) bond motifs is 1. The third-order valence-corrected chi connectivity index (χ3v) is 3.67. The van der Waals surface area contributed by atoms with Crippen molar-refractivity contribution in [2.45, 2.75) is 16.7 Å². The molecule has 2 aromatic rings. The summed E-state index contributed by atoms with van der Waals surface area (Å²) >= 11 is 1.31. The lowest BCUT2D eigenvalue weighted by atomic mass is 10.3. The van der Waals surface area contributed by atoms with Crippen molar-refractivity contribution in [2.75, 3.05) is 6.54 Å². The molecule has 1 atom stereocenters. The lowest BCUT2D eigenvalue weighted by molar-refractivity contribution is -0.136. The zero-order chi connectivity index (χ0) is 12.3. The number of carboxylic acids is 1. The molecule has 0 saturated carbocycles. The standard InChI is InChI=1S/C12H14N2O2S/c13-6-5-10(12(15)16)17-11-7-8-3-1-2-4-9(8)14-11/h1-4,7,10,14H,5-6,13H2,(H,15,16). The molecular formula is C12H14N2O2S. The number of benzene rings is 1. The molecular weight excluding hydrogens is 236 g/mol. The van der Waals surface area contributed by atoms with E-state index in [0.717, 1.165) is 15.9 Å². The number of hydrogen-bond acceptors (Lipinski definition) is 3. The van der Waals surface area contributed by atoms with Crippen LogP contribution in [0.5, 0.6) is 0 Å². The highest BCUT2D eigenvalue weighted by molar-refractivity contribution is 8.00. The lowest BCUT2D eigenvalue weighted by Gasteiger charge is -2.08. The predicted octanol–water partition coefficient (Wildman–Crippen LogP) is 2.06. The van der Waals surface area contributed by atoms with E-state index in [1.54, 1.807) is 0 Å². The van der Waals surface area contributed by atoms with Crippen LogP contribution in [-0.4, -0.2) is 27.9 Å². The van der Waals surface area contributed by atoms with Gasteiger partial charge in [0.15, 0.2) is 0 Å². The Kier molecular flexibility index (Phi) is 3.71. The van der Waals surface area contributed by atoms with Gasteiger partial charge in [0.2, 0.25) is 0 Å². The largest absolute Gasteiger partial charge is 0.480 e. The van der Waals surface area contributed by atoms with E-state index in [2.05, 4.69) is 4.98 Å². The lowest BCUT2D eigenvalue weighted by Crippen LogP contribution is -2.20. The molecule has 0 spiro atoms. The molecule has 0 fully saturated rings. The van der Waals surface area contributed by atoms with Crippen molar-refractivity contribution in [1.29, 1.82) is 0 Å². The number of carboxylic acid groups (broad SMARTS) is 1. The highest BCUT2D eigenvalue weighted by Crippen LogP contribution is 2.28. The van der Waals surface area contributed by atoms with E-state index in [1.165, 1.54) is 11.8 Å². The molecule has 0 amide bonds. The molecule has 1 aromatic carbocycles. The first kappa shape index (κ1) is 12.0. The van der Waals surface area contributed by atoms with E-state index in [-0.39, 0.29) is 0 Å². The third-order valence-electron chi connectivity index (χ3n) is 2.48. The molecule has 0 aliphatic heterocycles. The van der Waals surface area contributed by atoms with Crippen molar-refractivity contribution in [1.82, 2.24) is 4.98 Å². The van der Waals surface area contributed by atoms with E-state index >= 15 is 0 Å². The van der Waals surface area contributed by atoms with Gasteiger partial charge < -0.3 is 15.8 Å². The quantitative estimate of drug-likeness (QED) is 0.710. The molecule has 0 aliphatic rings. The van der Waals surface area contributed by atoms with E-state index in [0.29, 0.717) is 13.0 Å². The van der Waals surface area contributed by atoms with Crippen LogP contribution in [-0.2, 0) is 4.79 Å². The summed E-state index contributed by atoms with van der Waals surface area (Å²) in [6, 6.07) is 9.83. The summed E-state index contributed by atoms with van der Waals surface area (Å²) in [5.41, 5.74) is 6.43. The summed E-state index contributed by atoms with van der Waals surface area (Å²) in [4.78, 5) is 14.2. The van der Waals surface area contributed by atoms with Crippen molar-refractivity contribution >= 4 is 28.6 Å². The van der Waals surface area contributed by atoms with E-state index < -0.39 is 11.2 Å². The molecule has 4 N–H and O–H groups in total. The third kappa shape index (κ3) is 2.81. The van der Waals surface area contributed by atoms with Gasteiger partial charge in [0.25, 0.3) is 0 Å². The number of nitrogens with one attached hydrogen (secondary N) is 1. The fraction of sp³-hybridized carbons (Fsp3) is 0.250. The summed E-state index contributed by atoms with van der Waals surface area (Å²) in [6.45, 7) is 0.379. The second-order valence-corrected chi connectivity index (χ2v) is 4.99. The van der Waals surface area contributed by atoms with E-state index in [4.69, 9.17) is 10.8 Å². The van der Waals surface area contributed by atoms with Crippen molar-refractivity contribution in [2.24, 2.45) is 5.73 Å². The second-order valence-electron chi connectivity index (χ2n) is 3.74. The Morgan fingerprint density at radius 2 is 2.24 bits per heavy atom. The Morgan fingerprint density at radius 3 is 2.88 bits per heavy atom. The number of nitrogens with two attached hydrogens (primary N) is 1. The predicted molar refractivity (Wildman–Crippen MR) is 69.3 cm³/mol. The molecule has 17 heavy (non-hydrogen) atoms. The van der Waals surface area contributed by atoms with Crippen molar-refractivity contribution < 1.29 is 9.90 Å². The van der Waals surface area contributed by atoms with Crippen molar-refractivity contribution in [3.63, 3.8) is 0 Å². The van der Waals surface area contributed by atoms with Gasteiger partial charge in [-0.05, 0) is 25.1 Å². The van der Waals surface area contributed by atoms with Crippen LogP contribution in [0.4, 0.5) is 0 Å². The zero-order valence-electron chi connectivity index (χ0n) is 9.22. The first-order valence-electron chi connectivity index (χ1n) is 5.38. The molecule has 1 aromatic heterocycles. The van der Waals surface area contributed by atoms with E-state index in [9.17, 15) is 4.79 Å². The number of carbonyl (C=O) groups is 1. The molecule has 2 rings (SSSR count). The molecule has 0 saturated heterocycles. The molecule has 5 heteroatoms. The highest BCUT2D eigenvalue weighted by Gasteiger charge is 2.18. The van der Waals surface area contributed by atoms with Crippen LogP contribution in [0.25, 0.3) is 10.9 Å². The summed E-state index contributed by atoms with van der Waals surface area (Å²) in [5.74, 6) is -0.820. The molecule has 4 nitrogen and oxygen atoms in total. The second kappa shape index (κ2) is 5.25. The summed E-state index contributed by atoms with van der Waals surface area (Å²) in [6.07, 6.45) is 0.468. The van der Waals surface area contributed by atoms with Crippen LogP contribution in [0.15, 0.2) is 35.4 Å². The van der Waals surface area contributed by atoms with Gasteiger partial charge in [-0.3, -0.25) is 4.79 Å². The van der Waals surface area contributed by atoms with Crippen LogP contribution in [0.2, 0.25) is 0 Å². The number of H-pyrrole nitrogens is 1. The molecule has 0 radical (unpaired) electrons. The maximum atomic E-state index is 11.0. The van der Waals surface area contributed by atoms with Gasteiger partial charge >= 0.3 is 5.97 Å². The Morgan fingerprint density at radius 1 is 1.47 bits per heavy atom. The molecule has 1 unspecified atom stereocenters. The number of hydrogen-bond donors (Lipinski definition) is 3. The van der Waals surface area contributed by atoms with Crippen molar-refractivity contribution in [3.05, 3.63) is 30.3 Å². The molecule has 0 aliphatic carbocycles. The van der Waals surface area contributed by atoms with Gasteiger partial charge in [0.1, 0.15) is 5.25 Å². The van der Waals surface area contributed by atoms with Crippen LogP contribution in [0.3, 0.4) is 0 Å². The maximum absolute atomic E-state index is 11.0. The smallest absolute Gasteiger partial charge is 0.317 e. The fourth-order valence-corrected chi connectivity index (χ4v) is 2.67. The molecule has 90 valence electrons. The van der Waals surface area contributed by atoms with Crippen LogP contribution >= 0.6 is 11.8 Å². The Bertz CT molecular complexity index is 491. The van der Waals surface area contributed by atoms with Gasteiger partial charge in [-0.15, -0.1) is 0 Å². The Hall–Kier alpha value is -1.46. The maximum Gasteiger partial charge on any atom is 0.317 e. The SMILES string of the molecule is NCCC(Sc1cc2ccccc2[nH]1)C(=O)O. The first-order chi connectivity index (χ1) is 8.20. The number of rotatable bonds is 5. The molecule has 1 heterocycles. The Labute approximate surface area is 103 Å². The number of aromatic nitrogens is 1.